The van der Waals surface area contributed by atoms with Crippen LogP contribution in [0.1, 0.15) is 19.5 Å². The maximum atomic E-state index is 5.12. The van der Waals surface area contributed by atoms with E-state index in [4.69, 9.17) is 4.84 Å². The second kappa shape index (κ2) is 4.10. The van der Waals surface area contributed by atoms with Gasteiger partial charge >= 0.3 is 0 Å². The van der Waals surface area contributed by atoms with Gasteiger partial charge in [0.1, 0.15) is 0 Å². The number of H-pyrrole nitrogens is 1. The summed E-state index contributed by atoms with van der Waals surface area (Å²) in [6, 6.07) is 0. The largest absolute Gasteiger partial charge is 0.347 e. The van der Waals surface area contributed by atoms with Gasteiger partial charge in [-0.15, -0.1) is 0 Å². The summed E-state index contributed by atoms with van der Waals surface area (Å²) in [5.74, 6) is 0. The third-order valence-corrected chi connectivity index (χ3v) is 1.14. The molecule has 0 aliphatic carbocycles. The number of nitrogens with zero attached hydrogens (tertiary/aromatic N) is 1. The second-order valence-corrected chi connectivity index (χ2v) is 2.56. The molecule has 1 rings (SSSR count). The highest BCUT2D eigenvalue weighted by atomic mass is 16.7. The van der Waals surface area contributed by atoms with Crippen molar-refractivity contribution >= 4 is 0 Å². The van der Waals surface area contributed by atoms with E-state index >= 15 is 0 Å². The Morgan fingerprint density at radius 2 is 2.55 bits per heavy atom. The number of nitrogens with one attached hydrogen (secondary N) is 2. The van der Waals surface area contributed by atoms with Gasteiger partial charge in [-0.25, -0.2) is 4.98 Å². The molecule has 4 nitrogen and oxygen atoms in total. The molecule has 2 N–H and O–H groups in total. The molecule has 0 aliphatic heterocycles. The van der Waals surface area contributed by atoms with E-state index < -0.39 is 0 Å². The van der Waals surface area contributed by atoms with Gasteiger partial charge in [0.15, 0.2) is 0 Å². The molecule has 0 amide bonds. The average molecular weight is 155 g/mol. The minimum atomic E-state index is 0.206. The zero-order valence-electron chi connectivity index (χ0n) is 6.79. The Hall–Kier alpha value is -0.870. The molecule has 0 bridgehead atoms. The summed E-state index contributed by atoms with van der Waals surface area (Å²) in [4.78, 5) is 11.9. The molecule has 1 aromatic rings. The van der Waals surface area contributed by atoms with E-state index in [0.29, 0.717) is 6.54 Å². The van der Waals surface area contributed by atoms with Gasteiger partial charge in [-0.1, -0.05) is 0 Å². The first-order valence-corrected chi connectivity index (χ1v) is 3.65. The van der Waals surface area contributed by atoms with E-state index in [1.807, 2.05) is 13.8 Å². The molecular formula is C7H13N3O. The minimum Gasteiger partial charge on any atom is -0.347 e. The van der Waals surface area contributed by atoms with Gasteiger partial charge in [0.2, 0.25) is 0 Å². The van der Waals surface area contributed by atoms with Crippen LogP contribution >= 0.6 is 0 Å². The maximum absolute atomic E-state index is 5.12. The van der Waals surface area contributed by atoms with E-state index in [2.05, 4.69) is 15.4 Å². The van der Waals surface area contributed by atoms with Crippen LogP contribution in [0.2, 0.25) is 0 Å². The number of imidazole rings is 1. The average Bonchev–Trinajstić information content (AvgIpc) is 2.39. The number of aromatic amines is 1. The van der Waals surface area contributed by atoms with Crippen molar-refractivity contribution in [3.8, 4) is 0 Å². The quantitative estimate of drug-likeness (QED) is 0.633. The second-order valence-electron chi connectivity index (χ2n) is 2.56. The highest BCUT2D eigenvalue weighted by Crippen LogP contribution is 1.90. The minimum absolute atomic E-state index is 0.206. The lowest BCUT2D eigenvalue weighted by Gasteiger charge is -2.06. The predicted octanol–water partition coefficient (Wildman–Crippen LogP) is 0.839. The van der Waals surface area contributed by atoms with E-state index in [0.717, 1.165) is 5.69 Å². The van der Waals surface area contributed by atoms with Crippen LogP contribution in [0.25, 0.3) is 0 Å². The molecule has 0 saturated heterocycles. The molecule has 4 heteroatoms. The standard InChI is InChI=1S/C7H13N3O/c1-6(2)11-10-4-7-3-8-5-9-7/h3,5-6,10H,4H2,1-2H3,(H,8,9). The van der Waals surface area contributed by atoms with Gasteiger partial charge in [0.05, 0.1) is 24.7 Å². The highest BCUT2D eigenvalue weighted by Gasteiger charge is 1.94. The molecule has 1 aromatic heterocycles. The summed E-state index contributed by atoms with van der Waals surface area (Å²) in [5.41, 5.74) is 3.84. The zero-order chi connectivity index (χ0) is 8.10. The van der Waals surface area contributed by atoms with E-state index in [-0.39, 0.29) is 6.10 Å². The molecule has 11 heavy (non-hydrogen) atoms. The number of aromatic nitrogens is 2. The SMILES string of the molecule is CC(C)ONCc1cnc[nH]1. The van der Waals surface area contributed by atoms with Crippen molar-refractivity contribution in [3.05, 3.63) is 18.2 Å². The lowest BCUT2D eigenvalue weighted by Crippen LogP contribution is -2.19. The Balaban J connectivity index is 2.14. The molecule has 0 aliphatic rings. The van der Waals surface area contributed by atoms with Gasteiger partial charge in [-0.3, -0.25) is 4.84 Å². The summed E-state index contributed by atoms with van der Waals surface area (Å²) < 4.78 is 0. The third-order valence-electron chi connectivity index (χ3n) is 1.14. The van der Waals surface area contributed by atoms with Crippen LogP contribution in [0.4, 0.5) is 0 Å². The van der Waals surface area contributed by atoms with Crippen molar-refractivity contribution in [2.45, 2.75) is 26.5 Å². The van der Waals surface area contributed by atoms with E-state index in [9.17, 15) is 0 Å². The summed E-state index contributed by atoms with van der Waals surface area (Å²) in [6.07, 6.45) is 3.61. The molecule has 0 fully saturated rings. The van der Waals surface area contributed by atoms with Gasteiger partial charge in [0, 0.05) is 6.20 Å². The van der Waals surface area contributed by atoms with Crippen molar-refractivity contribution in [1.29, 1.82) is 0 Å². The summed E-state index contributed by atoms with van der Waals surface area (Å²) in [5, 5.41) is 0. The Morgan fingerprint density at radius 3 is 3.09 bits per heavy atom. The van der Waals surface area contributed by atoms with Gasteiger partial charge in [-0.2, -0.15) is 5.48 Å². The topological polar surface area (TPSA) is 49.9 Å². The van der Waals surface area contributed by atoms with Crippen LogP contribution < -0.4 is 5.48 Å². The lowest BCUT2D eigenvalue weighted by atomic mass is 10.5. The third kappa shape index (κ3) is 3.15. The zero-order valence-corrected chi connectivity index (χ0v) is 6.79. The maximum Gasteiger partial charge on any atom is 0.0922 e. The predicted molar refractivity (Wildman–Crippen MR) is 41.6 cm³/mol. The highest BCUT2D eigenvalue weighted by molar-refractivity contribution is 4.92. The molecule has 62 valence electrons. The summed E-state index contributed by atoms with van der Waals surface area (Å²) in [6.45, 7) is 4.61. The molecule has 0 saturated carbocycles. The van der Waals surface area contributed by atoms with Crippen LogP contribution in [0, 0.1) is 0 Å². The summed E-state index contributed by atoms with van der Waals surface area (Å²) in [7, 11) is 0. The van der Waals surface area contributed by atoms with Gasteiger partial charge in [-0.05, 0) is 13.8 Å². The normalized spacial score (nSPS) is 10.8. The van der Waals surface area contributed by atoms with Crippen molar-refractivity contribution in [2.24, 2.45) is 0 Å². The van der Waals surface area contributed by atoms with E-state index in [1.54, 1.807) is 12.5 Å². The fourth-order valence-electron chi connectivity index (χ4n) is 0.667. The van der Waals surface area contributed by atoms with Crippen molar-refractivity contribution < 1.29 is 4.84 Å². The number of hydrogen-bond donors (Lipinski definition) is 2. The lowest BCUT2D eigenvalue weighted by molar-refractivity contribution is -0.00932. The molecule has 0 radical (unpaired) electrons. The fraction of sp³-hybridized carbons (Fsp3) is 0.571. The van der Waals surface area contributed by atoms with E-state index in [1.165, 1.54) is 0 Å². The molecular weight excluding hydrogens is 142 g/mol. The molecule has 0 atom stereocenters. The Labute approximate surface area is 65.9 Å². The monoisotopic (exact) mass is 155 g/mol. The Morgan fingerprint density at radius 1 is 1.73 bits per heavy atom. The number of rotatable bonds is 4. The van der Waals surface area contributed by atoms with Crippen LogP contribution in [-0.4, -0.2) is 16.1 Å². The molecule has 0 unspecified atom stereocenters. The first-order chi connectivity index (χ1) is 5.29. The van der Waals surface area contributed by atoms with Crippen LogP contribution in [-0.2, 0) is 11.4 Å². The van der Waals surface area contributed by atoms with Crippen molar-refractivity contribution in [1.82, 2.24) is 15.4 Å². The summed E-state index contributed by atoms with van der Waals surface area (Å²) >= 11 is 0. The van der Waals surface area contributed by atoms with Crippen LogP contribution in [0.5, 0.6) is 0 Å². The van der Waals surface area contributed by atoms with Crippen LogP contribution in [0.15, 0.2) is 12.5 Å². The fourth-order valence-corrected chi connectivity index (χ4v) is 0.667. The number of hydrogen-bond acceptors (Lipinski definition) is 3. The van der Waals surface area contributed by atoms with Crippen LogP contribution in [0.3, 0.4) is 0 Å². The van der Waals surface area contributed by atoms with Crippen molar-refractivity contribution in [2.75, 3.05) is 0 Å². The van der Waals surface area contributed by atoms with Gasteiger partial charge < -0.3 is 4.98 Å². The Kier molecular flexibility index (Phi) is 3.07. The Bertz CT molecular complexity index is 184. The molecule has 1 heterocycles. The van der Waals surface area contributed by atoms with Crippen molar-refractivity contribution in [3.63, 3.8) is 0 Å². The smallest absolute Gasteiger partial charge is 0.0922 e. The number of hydroxylamine groups is 1. The molecule has 0 aromatic carbocycles. The first-order valence-electron chi connectivity index (χ1n) is 3.65. The molecule has 0 spiro atoms. The first kappa shape index (κ1) is 8.23. The van der Waals surface area contributed by atoms with Gasteiger partial charge in [0.25, 0.3) is 0 Å².